The van der Waals surface area contributed by atoms with Gasteiger partial charge in [0, 0.05) is 24.8 Å². The van der Waals surface area contributed by atoms with Crippen molar-refractivity contribution in [2.45, 2.75) is 19.9 Å². The van der Waals surface area contributed by atoms with E-state index in [1.54, 1.807) is 4.68 Å². The molecule has 4 nitrogen and oxygen atoms in total. The Balaban J connectivity index is 1.56. The highest BCUT2D eigenvalue weighted by atomic mass is 16.1. The zero-order chi connectivity index (χ0) is 16.1. The van der Waals surface area contributed by atoms with Crippen molar-refractivity contribution in [2.24, 2.45) is 0 Å². The summed E-state index contributed by atoms with van der Waals surface area (Å²) in [6.07, 6.45) is 2.29. The fourth-order valence-electron chi connectivity index (χ4n) is 2.40. The first-order chi connectivity index (χ1) is 11.2. The number of nitrogens with one attached hydrogen (secondary N) is 1. The van der Waals surface area contributed by atoms with E-state index < -0.39 is 0 Å². The highest BCUT2D eigenvalue weighted by Crippen LogP contribution is 2.21. The molecule has 0 spiro atoms. The first-order valence-corrected chi connectivity index (χ1v) is 7.66. The topological polar surface area (TPSA) is 46.9 Å². The molecule has 116 valence electrons. The number of carbonyl (C=O) groups excluding carboxylic acids is 1. The van der Waals surface area contributed by atoms with E-state index in [1.165, 1.54) is 5.56 Å². The monoisotopic (exact) mass is 305 g/mol. The standard InChI is InChI=1S/C19H19N3O/c1-15-11-13-22(21-15)14-12-19(23)20-18-9-7-17(8-10-18)16-5-3-2-4-6-16/h2-11,13H,12,14H2,1H3,(H,20,23). The number of carbonyl (C=O) groups is 1. The van der Waals surface area contributed by atoms with Gasteiger partial charge in [0.15, 0.2) is 0 Å². The third-order valence-corrected chi connectivity index (χ3v) is 3.62. The predicted molar refractivity (Wildman–Crippen MR) is 92.1 cm³/mol. The lowest BCUT2D eigenvalue weighted by Crippen LogP contribution is -2.14. The van der Waals surface area contributed by atoms with E-state index in [1.807, 2.05) is 61.7 Å². The Morgan fingerprint density at radius 2 is 1.70 bits per heavy atom. The van der Waals surface area contributed by atoms with Crippen LogP contribution in [0.4, 0.5) is 5.69 Å². The summed E-state index contributed by atoms with van der Waals surface area (Å²) in [7, 11) is 0. The smallest absolute Gasteiger partial charge is 0.226 e. The molecule has 23 heavy (non-hydrogen) atoms. The van der Waals surface area contributed by atoms with Gasteiger partial charge in [0.25, 0.3) is 0 Å². The zero-order valence-electron chi connectivity index (χ0n) is 13.1. The van der Waals surface area contributed by atoms with Crippen LogP contribution in [0, 0.1) is 6.92 Å². The quantitative estimate of drug-likeness (QED) is 0.777. The molecule has 0 fully saturated rings. The average Bonchev–Trinajstić information content (AvgIpc) is 3.00. The van der Waals surface area contributed by atoms with Gasteiger partial charge in [-0.05, 0) is 36.2 Å². The van der Waals surface area contributed by atoms with Crippen molar-refractivity contribution in [1.29, 1.82) is 0 Å². The molecule has 1 amide bonds. The van der Waals surface area contributed by atoms with E-state index >= 15 is 0 Å². The first kappa shape index (κ1) is 15.0. The summed E-state index contributed by atoms with van der Waals surface area (Å²) in [4.78, 5) is 12.0. The normalized spacial score (nSPS) is 10.5. The highest BCUT2D eigenvalue weighted by Gasteiger charge is 2.04. The summed E-state index contributed by atoms with van der Waals surface area (Å²) in [6, 6.07) is 20.0. The van der Waals surface area contributed by atoms with Gasteiger partial charge in [0.05, 0.1) is 5.69 Å². The molecule has 1 heterocycles. The number of nitrogens with zero attached hydrogens (tertiary/aromatic N) is 2. The highest BCUT2D eigenvalue weighted by molar-refractivity contribution is 5.90. The van der Waals surface area contributed by atoms with Gasteiger partial charge in [0.1, 0.15) is 0 Å². The molecule has 3 rings (SSSR count). The van der Waals surface area contributed by atoms with Gasteiger partial charge in [-0.25, -0.2) is 0 Å². The van der Waals surface area contributed by atoms with Crippen molar-refractivity contribution in [3.05, 3.63) is 72.6 Å². The van der Waals surface area contributed by atoms with Crippen LogP contribution in [0.1, 0.15) is 12.1 Å². The molecule has 4 heteroatoms. The number of aromatic nitrogens is 2. The largest absolute Gasteiger partial charge is 0.326 e. The summed E-state index contributed by atoms with van der Waals surface area (Å²) >= 11 is 0. The molecule has 0 atom stereocenters. The molecule has 1 aromatic heterocycles. The van der Waals surface area contributed by atoms with Crippen LogP contribution >= 0.6 is 0 Å². The summed E-state index contributed by atoms with van der Waals surface area (Å²) in [5, 5.41) is 7.19. The molecule has 2 aromatic carbocycles. The molecule has 1 N–H and O–H groups in total. The van der Waals surface area contributed by atoms with Crippen LogP contribution in [-0.2, 0) is 11.3 Å². The summed E-state index contributed by atoms with van der Waals surface area (Å²) in [5.41, 5.74) is 4.07. The lowest BCUT2D eigenvalue weighted by molar-refractivity contribution is -0.116. The number of aryl methyl sites for hydroxylation is 2. The molecule has 0 aliphatic carbocycles. The third kappa shape index (κ3) is 4.07. The minimum absolute atomic E-state index is 0.00869. The molecule has 0 radical (unpaired) electrons. The molecule has 3 aromatic rings. The van der Waals surface area contributed by atoms with E-state index in [-0.39, 0.29) is 5.91 Å². The van der Waals surface area contributed by atoms with Crippen molar-refractivity contribution >= 4 is 11.6 Å². The SMILES string of the molecule is Cc1ccn(CCC(=O)Nc2ccc(-c3ccccc3)cc2)n1. The Morgan fingerprint density at radius 1 is 1.00 bits per heavy atom. The van der Waals surface area contributed by atoms with Crippen LogP contribution in [0.2, 0.25) is 0 Å². The van der Waals surface area contributed by atoms with Crippen LogP contribution in [0.5, 0.6) is 0 Å². The van der Waals surface area contributed by atoms with Crippen LogP contribution in [0.3, 0.4) is 0 Å². The summed E-state index contributed by atoms with van der Waals surface area (Å²) in [6.45, 7) is 2.52. The van der Waals surface area contributed by atoms with Crippen LogP contribution in [-0.4, -0.2) is 15.7 Å². The van der Waals surface area contributed by atoms with Crippen molar-refractivity contribution < 1.29 is 4.79 Å². The predicted octanol–water partition coefficient (Wildman–Crippen LogP) is 3.89. The maximum Gasteiger partial charge on any atom is 0.226 e. The molecule has 0 aliphatic rings. The Morgan fingerprint density at radius 3 is 2.35 bits per heavy atom. The van der Waals surface area contributed by atoms with E-state index in [9.17, 15) is 4.79 Å². The lowest BCUT2D eigenvalue weighted by atomic mass is 10.1. The minimum atomic E-state index is -0.00869. The Labute approximate surface area is 135 Å². The average molecular weight is 305 g/mol. The molecule has 0 bridgehead atoms. The molecule has 0 saturated carbocycles. The van der Waals surface area contributed by atoms with Gasteiger partial charge < -0.3 is 5.32 Å². The molecule has 0 aliphatic heterocycles. The summed E-state index contributed by atoms with van der Waals surface area (Å²) < 4.78 is 1.79. The first-order valence-electron chi connectivity index (χ1n) is 7.66. The molecular formula is C19H19N3O. The van der Waals surface area contributed by atoms with E-state index in [2.05, 4.69) is 22.5 Å². The number of benzene rings is 2. The Bertz CT molecular complexity index is 776. The second kappa shape index (κ2) is 6.92. The molecular weight excluding hydrogens is 286 g/mol. The van der Waals surface area contributed by atoms with Gasteiger partial charge in [-0.1, -0.05) is 42.5 Å². The van der Waals surface area contributed by atoms with E-state index in [0.717, 1.165) is 16.9 Å². The van der Waals surface area contributed by atoms with Gasteiger partial charge in [0.2, 0.25) is 5.91 Å². The van der Waals surface area contributed by atoms with Gasteiger partial charge >= 0.3 is 0 Å². The molecule has 0 saturated heterocycles. The fourth-order valence-corrected chi connectivity index (χ4v) is 2.40. The van der Waals surface area contributed by atoms with Gasteiger partial charge in [-0.2, -0.15) is 5.10 Å². The second-order valence-electron chi connectivity index (χ2n) is 5.46. The van der Waals surface area contributed by atoms with Crippen LogP contribution in [0.25, 0.3) is 11.1 Å². The maximum absolute atomic E-state index is 12.0. The van der Waals surface area contributed by atoms with Crippen LogP contribution < -0.4 is 5.32 Å². The third-order valence-electron chi connectivity index (χ3n) is 3.62. The zero-order valence-corrected chi connectivity index (χ0v) is 13.1. The summed E-state index contributed by atoms with van der Waals surface area (Å²) in [5.74, 6) is -0.00869. The number of anilines is 1. The van der Waals surface area contributed by atoms with Gasteiger partial charge in [-0.3, -0.25) is 9.48 Å². The Kier molecular flexibility index (Phi) is 4.52. The maximum atomic E-state index is 12.0. The Hall–Kier alpha value is -2.88. The van der Waals surface area contributed by atoms with Crippen molar-refractivity contribution in [3.63, 3.8) is 0 Å². The molecule has 0 unspecified atom stereocenters. The lowest BCUT2D eigenvalue weighted by Gasteiger charge is -2.07. The van der Waals surface area contributed by atoms with E-state index in [4.69, 9.17) is 0 Å². The second-order valence-corrected chi connectivity index (χ2v) is 5.46. The number of amides is 1. The van der Waals surface area contributed by atoms with Crippen molar-refractivity contribution in [3.8, 4) is 11.1 Å². The minimum Gasteiger partial charge on any atom is -0.326 e. The van der Waals surface area contributed by atoms with Gasteiger partial charge in [-0.15, -0.1) is 0 Å². The van der Waals surface area contributed by atoms with E-state index in [0.29, 0.717) is 13.0 Å². The number of rotatable bonds is 5. The fraction of sp³-hybridized carbons (Fsp3) is 0.158. The van der Waals surface area contributed by atoms with Crippen molar-refractivity contribution in [2.75, 3.05) is 5.32 Å². The van der Waals surface area contributed by atoms with Crippen molar-refractivity contribution in [1.82, 2.24) is 9.78 Å². The number of hydrogen-bond acceptors (Lipinski definition) is 2. The van der Waals surface area contributed by atoms with Crippen LogP contribution in [0.15, 0.2) is 66.9 Å². The number of hydrogen-bond donors (Lipinski definition) is 1.